The zero-order chi connectivity index (χ0) is 14.9. The summed E-state index contributed by atoms with van der Waals surface area (Å²) < 4.78 is 26.3. The molecule has 0 amide bonds. The number of nitrogens with zero attached hydrogens (tertiary/aromatic N) is 2. The number of fused-ring (bicyclic) bond motifs is 1. The van der Waals surface area contributed by atoms with Crippen LogP contribution < -0.4 is 9.63 Å². The van der Waals surface area contributed by atoms with Crippen LogP contribution in [0.3, 0.4) is 0 Å². The molecule has 0 fully saturated rings. The highest BCUT2D eigenvalue weighted by Crippen LogP contribution is 2.22. The van der Waals surface area contributed by atoms with Gasteiger partial charge in [0.1, 0.15) is 0 Å². The molecule has 112 valence electrons. The fourth-order valence-corrected chi connectivity index (χ4v) is 4.52. The molecular formula is C14H17N3O2S2. The van der Waals surface area contributed by atoms with Crippen molar-refractivity contribution in [1.29, 1.82) is 0 Å². The van der Waals surface area contributed by atoms with Crippen LogP contribution in [0.4, 0.5) is 0 Å². The van der Waals surface area contributed by atoms with Gasteiger partial charge in [-0.2, -0.15) is 13.2 Å². The first-order chi connectivity index (χ1) is 10.1. The number of hydrogen-bond acceptors (Lipinski definition) is 4. The van der Waals surface area contributed by atoms with Crippen molar-refractivity contribution in [1.82, 2.24) is 9.40 Å². The molecule has 1 aromatic heterocycles. The third-order valence-electron chi connectivity index (χ3n) is 3.61. The van der Waals surface area contributed by atoms with E-state index < -0.39 is 10.0 Å². The molecule has 0 atom stereocenters. The van der Waals surface area contributed by atoms with E-state index in [9.17, 15) is 8.42 Å². The lowest BCUT2D eigenvalue weighted by molar-refractivity contribution is 0.581. The molecule has 0 bridgehead atoms. The first-order valence-corrected chi connectivity index (χ1v) is 9.16. The van der Waals surface area contributed by atoms with Crippen molar-refractivity contribution in [3.8, 4) is 0 Å². The predicted molar refractivity (Wildman–Crippen MR) is 82.3 cm³/mol. The number of rotatable bonds is 3. The van der Waals surface area contributed by atoms with Gasteiger partial charge in [0.25, 0.3) is 10.0 Å². The van der Waals surface area contributed by atoms with Gasteiger partial charge in [0.15, 0.2) is 0 Å². The second-order valence-corrected chi connectivity index (χ2v) is 7.76. The molecular weight excluding hydrogens is 306 g/mol. The van der Waals surface area contributed by atoms with Crippen LogP contribution >= 0.6 is 11.3 Å². The SMILES string of the molecule is Cn1c2c(sc1=NNS(=O)(=O)c1ccccc1)CCCC2. The van der Waals surface area contributed by atoms with E-state index in [0.717, 1.165) is 12.8 Å². The zero-order valence-electron chi connectivity index (χ0n) is 11.7. The Morgan fingerprint density at radius 1 is 1.19 bits per heavy atom. The summed E-state index contributed by atoms with van der Waals surface area (Å²) in [7, 11) is -1.66. The van der Waals surface area contributed by atoms with E-state index in [0.29, 0.717) is 4.80 Å². The summed E-state index contributed by atoms with van der Waals surface area (Å²) in [5, 5.41) is 4.10. The maximum atomic E-state index is 12.2. The van der Waals surface area contributed by atoms with E-state index in [4.69, 9.17) is 0 Å². The van der Waals surface area contributed by atoms with Crippen molar-refractivity contribution in [2.24, 2.45) is 12.1 Å². The average Bonchev–Trinajstić information content (AvgIpc) is 2.83. The van der Waals surface area contributed by atoms with Crippen LogP contribution in [-0.2, 0) is 29.9 Å². The monoisotopic (exact) mass is 323 g/mol. The molecule has 7 heteroatoms. The molecule has 2 aromatic rings. The third-order valence-corrected chi connectivity index (χ3v) is 6.07. The number of thiazole rings is 1. The van der Waals surface area contributed by atoms with Gasteiger partial charge in [0.05, 0.1) is 4.90 Å². The highest BCUT2D eigenvalue weighted by molar-refractivity contribution is 7.89. The summed E-state index contributed by atoms with van der Waals surface area (Å²) in [5.74, 6) is 0. The number of sulfonamides is 1. The Hall–Kier alpha value is -1.60. The van der Waals surface area contributed by atoms with Crippen LogP contribution in [-0.4, -0.2) is 13.0 Å². The van der Waals surface area contributed by atoms with E-state index in [1.165, 1.54) is 23.4 Å². The van der Waals surface area contributed by atoms with Gasteiger partial charge in [-0.15, -0.1) is 5.10 Å². The van der Waals surface area contributed by atoms with E-state index in [-0.39, 0.29) is 4.90 Å². The number of aromatic nitrogens is 1. The molecule has 0 saturated heterocycles. The van der Waals surface area contributed by atoms with Crippen molar-refractivity contribution in [3.63, 3.8) is 0 Å². The first kappa shape index (κ1) is 14.3. The van der Waals surface area contributed by atoms with E-state index >= 15 is 0 Å². The van der Waals surface area contributed by atoms with Crippen LogP contribution in [0.2, 0.25) is 0 Å². The van der Waals surface area contributed by atoms with Crippen LogP contribution in [0.15, 0.2) is 40.3 Å². The highest BCUT2D eigenvalue weighted by Gasteiger charge is 2.16. The standard InChI is InChI=1S/C14H17N3O2S2/c1-17-12-9-5-6-10-13(12)20-14(17)15-16-21(18,19)11-7-3-2-4-8-11/h2-4,7-8,16H,5-6,9-10H2,1H3. The number of aryl methyl sites for hydroxylation is 1. The smallest absolute Gasteiger partial charge is 0.276 e. The molecule has 0 saturated carbocycles. The maximum absolute atomic E-state index is 12.2. The van der Waals surface area contributed by atoms with Crippen molar-refractivity contribution in [3.05, 3.63) is 45.7 Å². The molecule has 5 nitrogen and oxygen atoms in total. The summed E-state index contributed by atoms with van der Waals surface area (Å²) >= 11 is 1.57. The molecule has 0 radical (unpaired) electrons. The van der Waals surface area contributed by atoms with Crippen molar-refractivity contribution >= 4 is 21.4 Å². The Morgan fingerprint density at radius 3 is 2.62 bits per heavy atom. The van der Waals surface area contributed by atoms with Crippen LogP contribution in [0.1, 0.15) is 23.4 Å². The van der Waals surface area contributed by atoms with Crippen molar-refractivity contribution in [2.75, 3.05) is 0 Å². The van der Waals surface area contributed by atoms with Gasteiger partial charge in [0, 0.05) is 17.6 Å². The summed E-state index contributed by atoms with van der Waals surface area (Å²) in [6.45, 7) is 0. The molecule has 1 N–H and O–H groups in total. The Bertz CT molecular complexity index is 804. The van der Waals surface area contributed by atoms with Gasteiger partial charge in [-0.1, -0.05) is 29.5 Å². The first-order valence-electron chi connectivity index (χ1n) is 6.86. The molecule has 1 aliphatic rings. The number of hydrogen-bond donors (Lipinski definition) is 1. The normalized spacial score (nSPS) is 15.8. The topological polar surface area (TPSA) is 63.5 Å². The minimum atomic E-state index is -3.60. The highest BCUT2D eigenvalue weighted by atomic mass is 32.2. The Kier molecular flexibility index (Phi) is 3.86. The third kappa shape index (κ3) is 2.89. The van der Waals surface area contributed by atoms with Crippen LogP contribution in [0.25, 0.3) is 0 Å². The Morgan fingerprint density at radius 2 is 1.90 bits per heavy atom. The molecule has 21 heavy (non-hydrogen) atoms. The summed E-state index contributed by atoms with van der Waals surface area (Å²) in [6, 6.07) is 8.27. The van der Waals surface area contributed by atoms with Gasteiger partial charge >= 0.3 is 0 Å². The fourth-order valence-electron chi connectivity index (χ4n) is 2.47. The van der Waals surface area contributed by atoms with Crippen molar-refractivity contribution in [2.45, 2.75) is 30.6 Å². The summed E-state index contributed by atoms with van der Waals surface area (Å²) in [4.78, 5) is 4.56. The lowest BCUT2D eigenvalue weighted by Gasteiger charge is -2.11. The number of nitrogens with one attached hydrogen (secondary N) is 1. The van der Waals surface area contributed by atoms with Gasteiger partial charge in [-0.3, -0.25) is 0 Å². The van der Waals surface area contributed by atoms with Gasteiger partial charge in [-0.25, -0.2) is 0 Å². The molecule has 0 spiro atoms. The maximum Gasteiger partial charge on any atom is 0.276 e. The molecule has 0 aliphatic heterocycles. The molecule has 1 aliphatic carbocycles. The fraction of sp³-hybridized carbons (Fsp3) is 0.357. The quantitative estimate of drug-likeness (QED) is 0.875. The van der Waals surface area contributed by atoms with E-state index in [1.54, 1.807) is 41.7 Å². The molecule has 3 rings (SSSR count). The minimum Gasteiger partial charge on any atom is -0.322 e. The lowest BCUT2D eigenvalue weighted by Crippen LogP contribution is -2.24. The largest absolute Gasteiger partial charge is 0.322 e. The average molecular weight is 323 g/mol. The summed E-state index contributed by atoms with van der Waals surface area (Å²) in [5.41, 5.74) is 1.28. The molecule has 0 unspecified atom stereocenters. The van der Waals surface area contributed by atoms with Crippen LogP contribution in [0, 0.1) is 0 Å². The predicted octanol–water partition coefficient (Wildman–Crippen LogP) is 1.76. The second kappa shape index (κ2) is 5.65. The van der Waals surface area contributed by atoms with Gasteiger partial charge in [0.2, 0.25) is 4.80 Å². The minimum absolute atomic E-state index is 0.220. The van der Waals surface area contributed by atoms with Crippen LogP contribution in [0.5, 0.6) is 0 Å². The summed E-state index contributed by atoms with van der Waals surface area (Å²) in [6.07, 6.45) is 4.49. The number of benzene rings is 1. The Balaban J connectivity index is 1.92. The van der Waals surface area contributed by atoms with E-state index in [2.05, 4.69) is 9.93 Å². The van der Waals surface area contributed by atoms with Gasteiger partial charge < -0.3 is 4.57 Å². The Labute approximate surface area is 128 Å². The molecule has 1 aromatic carbocycles. The molecule has 1 heterocycles. The van der Waals surface area contributed by atoms with E-state index in [1.807, 2.05) is 11.6 Å². The van der Waals surface area contributed by atoms with Crippen molar-refractivity contribution < 1.29 is 8.42 Å². The van der Waals surface area contributed by atoms with Gasteiger partial charge in [-0.05, 0) is 37.8 Å². The zero-order valence-corrected chi connectivity index (χ0v) is 13.4. The second-order valence-electron chi connectivity index (χ2n) is 5.04. The lowest BCUT2D eigenvalue weighted by atomic mass is 10.0.